The molecule has 0 unspecified atom stereocenters. The van der Waals surface area contributed by atoms with Gasteiger partial charge in [-0.3, -0.25) is 4.31 Å². The van der Waals surface area contributed by atoms with E-state index in [0.717, 1.165) is 15.6 Å². The minimum atomic E-state index is -3.59. The molecule has 5 nitrogen and oxygen atoms in total. The Bertz CT molecular complexity index is 1190. The van der Waals surface area contributed by atoms with Crippen LogP contribution >= 0.6 is 11.3 Å². The maximum absolute atomic E-state index is 13.0. The summed E-state index contributed by atoms with van der Waals surface area (Å²) in [5.74, 6) is 0.650. The molecule has 0 saturated carbocycles. The van der Waals surface area contributed by atoms with Crippen molar-refractivity contribution in [3.05, 3.63) is 65.7 Å². The average molecular weight is 368 g/mol. The van der Waals surface area contributed by atoms with Gasteiger partial charge in [0.25, 0.3) is 10.0 Å². The van der Waals surface area contributed by atoms with Crippen molar-refractivity contribution in [1.29, 1.82) is 0 Å². The SMILES string of the molecule is O=S1(=O)c2cccc3cccc(c23)N1Cc1cc(-c2cccs2)on1. The largest absolute Gasteiger partial charge is 0.355 e. The van der Waals surface area contributed by atoms with Gasteiger partial charge in [-0.1, -0.05) is 35.5 Å². The van der Waals surface area contributed by atoms with Gasteiger partial charge < -0.3 is 4.52 Å². The summed E-state index contributed by atoms with van der Waals surface area (Å²) in [6.45, 7) is 0.144. The Balaban J connectivity index is 1.59. The third-order valence-electron chi connectivity index (χ3n) is 4.31. The second kappa shape index (κ2) is 5.18. The topological polar surface area (TPSA) is 63.4 Å². The summed E-state index contributed by atoms with van der Waals surface area (Å²) in [7, 11) is -3.59. The summed E-state index contributed by atoms with van der Waals surface area (Å²) < 4.78 is 32.7. The standard InChI is InChI=1S/C18H12N2O3S2/c21-25(22)17-8-2-5-12-4-1-6-14(18(12)17)20(25)11-13-10-15(23-19-13)16-7-3-9-24-16/h1-10H,11H2. The van der Waals surface area contributed by atoms with Gasteiger partial charge in [0.2, 0.25) is 0 Å². The number of rotatable bonds is 3. The molecule has 2 aromatic heterocycles. The molecule has 124 valence electrons. The van der Waals surface area contributed by atoms with Gasteiger partial charge in [-0.15, -0.1) is 11.3 Å². The quantitative estimate of drug-likeness (QED) is 0.542. The molecule has 0 aliphatic carbocycles. The predicted molar refractivity (Wildman–Crippen MR) is 97.1 cm³/mol. The number of aromatic nitrogens is 1. The van der Waals surface area contributed by atoms with Crippen LogP contribution in [-0.4, -0.2) is 13.6 Å². The van der Waals surface area contributed by atoms with Crippen molar-refractivity contribution in [3.63, 3.8) is 0 Å². The Morgan fingerprint density at radius 3 is 2.72 bits per heavy atom. The van der Waals surface area contributed by atoms with Crippen LogP contribution in [0, 0.1) is 0 Å². The second-order valence-electron chi connectivity index (χ2n) is 5.80. The number of benzene rings is 2. The molecule has 0 bridgehead atoms. The van der Waals surface area contributed by atoms with Crippen molar-refractivity contribution in [2.45, 2.75) is 11.4 Å². The lowest BCUT2D eigenvalue weighted by molar-refractivity contribution is 0.424. The molecule has 4 aromatic rings. The van der Waals surface area contributed by atoms with E-state index in [2.05, 4.69) is 5.16 Å². The molecular weight excluding hydrogens is 356 g/mol. The molecule has 0 atom stereocenters. The first-order valence-corrected chi connectivity index (χ1v) is 10.0. The first-order chi connectivity index (χ1) is 12.1. The van der Waals surface area contributed by atoms with E-state index in [9.17, 15) is 8.42 Å². The fourth-order valence-electron chi connectivity index (χ4n) is 3.20. The smallest absolute Gasteiger partial charge is 0.265 e. The van der Waals surface area contributed by atoms with Gasteiger partial charge in [0.1, 0.15) is 5.69 Å². The molecule has 25 heavy (non-hydrogen) atoms. The van der Waals surface area contributed by atoms with Crippen LogP contribution in [0.2, 0.25) is 0 Å². The molecular formula is C18H12N2O3S2. The minimum absolute atomic E-state index is 0.144. The third-order valence-corrected chi connectivity index (χ3v) is 7.00. The zero-order valence-electron chi connectivity index (χ0n) is 12.9. The summed E-state index contributed by atoms with van der Waals surface area (Å²) in [6, 6.07) is 16.6. The van der Waals surface area contributed by atoms with Crippen LogP contribution in [0.15, 0.2) is 69.4 Å². The zero-order valence-corrected chi connectivity index (χ0v) is 14.5. The molecule has 0 saturated heterocycles. The average Bonchev–Trinajstić information content (AvgIpc) is 3.33. The first-order valence-electron chi connectivity index (χ1n) is 7.68. The lowest BCUT2D eigenvalue weighted by Crippen LogP contribution is -2.26. The van der Waals surface area contributed by atoms with E-state index in [0.29, 0.717) is 22.0 Å². The molecule has 7 heteroatoms. The maximum atomic E-state index is 13.0. The van der Waals surface area contributed by atoms with Crippen molar-refractivity contribution in [1.82, 2.24) is 5.16 Å². The van der Waals surface area contributed by atoms with E-state index in [1.165, 1.54) is 4.31 Å². The van der Waals surface area contributed by atoms with Gasteiger partial charge in [0.15, 0.2) is 5.76 Å². The minimum Gasteiger partial charge on any atom is -0.355 e. The Morgan fingerprint density at radius 1 is 1.08 bits per heavy atom. The van der Waals surface area contributed by atoms with Gasteiger partial charge in [0, 0.05) is 11.5 Å². The van der Waals surface area contributed by atoms with Crippen molar-refractivity contribution < 1.29 is 12.9 Å². The van der Waals surface area contributed by atoms with Crippen molar-refractivity contribution in [3.8, 4) is 10.6 Å². The highest BCUT2D eigenvalue weighted by atomic mass is 32.2. The van der Waals surface area contributed by atoms with Crippen LogP contribution in [0.5, 0.6) is 0 Å². The lowest BCUT2D eigenvalue weighted by Gasteiger charge is -2.17. The van der Waals surface area contributed by atoms with Gasteiger partial charge in [-0.2, -0.15) is 0 Å². The van der Waals surface area contributed by atoms with E-state index >= 15 is 0 Å². The molecule has 0 fully saturated rings. The van der Waals surface area contributed by atoms with Crippen LogP contribution in [0.25, 0.3) is 21.4 Å². The molecule has 0 spiro atoms. The van der Waals surface area contributed by atoms with E-state index in [1.807, 2.05) is 41.8 Å². The Hall–Kier alpha value is -2.64. The van der Waals surface area contributed by atoms with E-state index < -0.39 is 10.0 Å². The lowest BCUT2D eigenvalue weighted by atomic mass is 10.1. The zero-order chi connectivity index (χ0) is 17.0. The van der Waals surface area contributed by atoms with E-state index in [4.69, 9.17) is 4.52 Å². The van der Waals surface area contributed by atoms with Gasteiger partial charge in [-0.05, 0) is 29.0 Å². The summed E-state index contributed by atoms with van der Waals surface area (Å²) in [4.78, 5) is 1.32. The number of hydrogen-bond donors (Lipinski definition) is 0. The number of thiophene rings is 1. The highest BCUT2D eigenvalue weighted by Gasteiger charge is 2.36. The molecule has 1 aliphatic heterocycles. The van der Waals surface area contributed by atoms with Gasteiger partial charge in [-0.25, -0.2) is 8.42 Å². The van der Waals surface area contributed by atoms with E-state index in [1.54, 1.807) is 29.5 Å². The maximum Gasteiger partial charge on any atom is 0.265 e. The van der Waals surface area contributed by atoms with Crippen LogP contribution in [-0.2, 0) is 16.6 Å². The molecule has 0 amide bonds. The van der Waals surface area contributed by atoms with E-state index in [-0.39, 0.29) is 6.54 Å². The summed E-state index contributed by atoms with van der Waals surface area (Å²) >= 11 is 1.55. The van der Waals surface area contributed by atoms with Gasteiger partial charge >= 0.3 is 0 Å². The van der Waals surface area contributed by atoms with Crippen molar-refractivity contribution >= 4 is 37.8 Å². The second-order valence-corrected chi connectivity index (χ2v) is 8.58. The molecule has 5 rings (SSSR count). The fourth-order valence-corrected chi connectivity index (χ4v) is 5.55. The number of nitrogens with zero attached hydrogens (tertiary/aromatic N) is 2. The normalized spacial score (nSPS) is 15.1. The molecule has 3 heterocycles. The third kappa shape index (κ3) is 2.13. The Morgan fingerprint density at radius 2 is 1.92 bits per heavy atom. The van der Waals surface area contributed by atoms with Crippen molar-refractivity contribution in [2.75, 3.05) is 4.31 Å². The summed E-state index contributed by atoms with van der Waals surface area (Å²) in [6.07, 6.45) is 0. The van der Waals surface area contributed by atoms with Crippen LogP contribution in [0.1, 0.15) is 5.69 Å². The fraction of sp³-hybridized carbons (Fsp3) is 0.0556. The molecule has 0 N–H and O–H groups in total. The first kappa shape index (κ1) is 14.7. The highest BCUT2D eigenvalue weighted by Crippen LogP contribution is 2.42. The highest BCUT2D eigenvalue weighted by molar-refractivity contribution is 7.93. The number of anilines is 1. The van der Waals surface area contributed by atoms with Crippen LogP contribution in [0.3, 0.4) is 0 Å². The Labute approximate surface area is 148 Å². The monoisotopic (exact) mass is 368 g/mol. The number of hydrogen-bond acceptors (Lipinski definition) is 5. The summed E-state index contributed by atoms with van der Waals surface area (Å²) in [5, 5.41) is 7.70. The molecule has 2 aromatic carbocycles. The number of sulfonamides is 1. The predicted octanol–water partition coefficient (Wildman–Crippen LogP) is 4.27. The summed E-state index contributed by atoms with van der Waals surface area (Å²) in [5.41, 5.74) is 1.27. The molecule has 1 aliphatic rings. The molecule has 0 radical (unpaired) electrons. The van der Waals surface area contributed by atoms with Crippen LogP contribution in [0.4, 0.5) is 5.69 Å². The van der Waals surface area contributed by atoms with Gasteiger partial charge in [0.05, 0.1) is 22.0 Å². The Kier molecular flexibility index (Phi) is 3.04. The van der Waals surface area contributed by atoms with Crippen molar-refractivity contribution in [2.24, 2.45) is 0 Å². The van der Waals surface area contributed by atoms with Crippen LogP contribution < -0.4 is 4.31 Å².